The largest absolute Gasteiger partial charge is 0.497 e. The molecule has 5 heteroatoms. The van der Waals surface area contributed by atoms with E-state index < -0.39 is 0 Å². The quantitative estimate of drug-likeness (QED) is 0.847. The van der Waals surface area contributed by atoms with Gasteiger partial charge in [-0.3, -0.25) is 15.1 Å². The summed E-state index contributed by atoms with van der Waals surface area (Å²) in [6.07, 6.45) is 5.51. The van der Waals surface area contributed by atoms with Crippen molar-refractivity contribution in [1.82, 2.24) is 0 Å². The van der Waals surface area contributed by atoms with Gasteiger partial charge in [-0.15, -0.1) is 0 Å². The molecule has 0 radical (unpaired) electrons. The zero-order valence-electron chi connectivity index (χ0n) is 13.1. The van der Waals surface area contributed by atoms with Gasteiger partial charge >= 0.3 is 0 Å². The summed E-state index contributed by atoms with van der Waals surface area (Å²) in [4.78, 5) is 14.5. The Balaban J connectivity index is 1.78. The maximum atomic E-state index is 12.5. The molecule has 2 aromatic carbocycles. The first-order valence-corrected chi connectivity index (χ1v) is 8.19. The first-order valence-electron chi connectivity index (χ1n) is 7.37. The summed E-state index contributed by atoms with van der Waals surface area (Å²) in [5, 5.41) is 8.27. The van der Waals surface area contributed by atoms with Crippen molar-refractivity contribution in [2.75, 3.05) is 12.0 Å². The molecule has 0 aliphatic carbocycles. The molecule has 0 unspecified atom stereocenters. The van der Waals surface area contributed by atoms with E-state index in [0.29, 0.717) is 16.3 Å². The number of methoxy groups -OCH3 is 1. The monoisotopic (exact) mass is 336 g/mol. The van der Waals surface area contributed by atoms with E-state index >= 15 is 0 Å². The minimum atomic E-state index is -0.187. The number of nitrogens with zero attached hydrogens (tertiary/aromatic N) is 1. The molecule has 3 rings (SSSR count). The number of nitrogens with one attached hydrogen (secondary N) is 1. The lowest BCUT2D eigenvalue weighted by Gasteiger charge is -2.14. The predicted molar refractivity (Wildman–Crippen MR) is 99.4 cm³/mol. The third kappa shape index (κ3) is 3.41. The second kappa shape index (κ2) is 7.19. The lowest BCUT2D eigenvalue weighted by molar-refractivity contribution is -0.113. The van der Waals surface area contributed by atoms with Gasteiger partial charge in [0.2, 0.25) is 0 Å². The summed E-state index contributed by atoms with van der Waals surface area (Å²) in [5.41, 5.74) is 1.72. The molecule has 0 atom stereocenters. The number of carbonyl (C=O) groups is 1. The summed E-state index contributed by atoms with van der Waals surface area (Å²) in [6.45, 7) is 0. The van der Waals surface area contributed by atoms with Crippen LogP contribution in [0, 0.1) is 5.41 Å². The van der Waals surface area contributed by atoms with Gasteiger partial charge < -0.3 is 4.74 Å². The van der Waals surface area contributed by atoms with Gasteiger partial charge in [-0.05, 0) is 47.7 Å². The maximum Gasteiger partial charge on any atom is 0.271 e. The standard InChI is InChI=1S/C19H16N2O2S/c1-23-16-12-10-15(11-13-16)21-18(22)17(24-19(21)20)9-5-8-14-6-3-2-4-7-14/h2-13,20H,1H3/b8-5+,17-9-,20-19?. The average molecular weight is 336 g/mol. The average Bonchev–Trinajstić information content (AvgIpc) is 2.90. The number of amides is 1. The van der Waals surface area contributed by atoms with Gasteiger partial charge in [0.15, 0.2) is 5.17 Å². The molecular formula is C19H16N2O2S. The van der Waals surface area contributed by atoms with Crippen LogP contribution in [-0.2, 0) is 4.79 Å². The van der Waals surface area contributed by atoms with Crippen LogP contribution >= 0.6 is 11.8 Å². The first kappa shape index (κ1) is 16.1. The Morgan fingerprint density at radius 1 is 1.08 bits per heavy atom. The fourth-order valence-electron chi connectivity index (χ4n) is 2.28. The number of carbonyl (C=O) groups excluding carboxylic acids is 1. The SMILES string of the molecule is COc1ccc(N2C(=N)S/C(=C\C=C\c3ccccc3)C2=O)cc1. The molecule has 1 saturated heterocycles. The Kier molecular flexibility index (Phi) is 4.82. The lowest BCUT2D eigenvalue weighted by Crippen LogP contribution is -2.27. The number of hydrogen-bond acceptors (Lipinski definition) is 4. The van der Waals surface area contributed by atoms with Crippen LogP contribution in [-0.4, -0.2) is 18.2 Å². The summed E-state index contributed by atoms with van der Waals surface area (Å²) < 4.78 is 5.12. The van der Waals surface area contributed by atoms with Crippen LogP contribution in [0.15, 0.2) is 71.7 Å². The highest BCUT2D eigenvalue weighted by Gasteiger charge is 2.33. The third-order valence-electron chi connectivity index (χ3n) is 3.49. The molecule has 0 aromatic heterocycles. The van der Waals surface area contributed by atoms with E-state index in [9.17, 15) is 4.79 Å². The molecule has 1 amide bonds. The first-order chi connectivity index (χ1) is 11.7. The highest BCUT2D eigenvalue weighted by molar-refractivity contribution is 8.19. The van der Waals surface area contributed by atoms with Crippen LogP contribution in [0.5, 0.6) is 5.75 Å². The van der Waals surface area contributed by atoms with Crippen molar-refractivity contribution in [3.05, 3.63) is 77.2 Å². The second-order valence-corrected chi connectivity index (χ2v) is 6.08. The minimum absolute atomic E-state index is 0.187. The summed E-state index contributed by atoms with van der Waals surface area (Å²) in [5.74, 6) is 0.527. The molecule has 1 aliphatic rings. The summed E-state index contributed by atoms with van der Waals surface area (Å²) >= 11 is 1.16. The molecule has 0 saturated carbocycles. The third-order valence-corrected chi connectivity index (χ3v) is 4.40. The summed E-state index contributed by atoms with van der Waals surface area (Å²) in [7, 11) is 1.59. The molecule has 0 bridgehead atoms. The van der Waals surface area contributed by atoms with Crippen molar-refractivity contribution >= 4 is 34.6 Å². The Bertz CT molecular complexity index is 811. The Hall–Kier alpha value is -2.79. The molecule has 1 aliphatic heterocycles. The fraction of sp³-hybridized carbons (Fsp3) is 0.0526. The van der Waals surface area contributed by atoms with E-state index in [-0.39, 0.29) is 11.1 Å². The molecule has 24 heavy (non-hydrogen) atoms. The van der Waals surface area contributed by atoms with E-state index in [1.165, 1.54) is 4.90 Å². The van der Waals surface area contributed by atoms with Crippen molar-refractivity contribution in [2.45, 2.75) is 0 Å². The van der Waals surface area contributed by atoms with Gasteiger partial charge in [0.1, 0.15) is 5.75 Å². The van der Waals surface area contributed by atoms with Crippen molar-refractivity contribution in [1.29, 1.82) is 5.41 Å². The van der Waals surface area contributed by atoms with E-state index in [2.05, 4.69) is 0 Å². The van der Waals surface area contributed by atoms with Gasteiger partial charge in [0.05, 0.1) is 17.7 Å². The van der Waals surface area contributed by atoms with Crippen molar-refractivity contribution < 1.29 is 9.53 Å². The number of hydrogen-bond donors (Lipinski definition) is 1. The Labute approximate surface area is 145 Å². The molecule has 2 aromatic rings. The van der Waals surface area contributed by atoms with Crippen molar-refractivity contribution in [2.24, 2.45) is 0 Å². The number of anilines is 1. The summed E-state index contributed by atoms with van der Waals surface area (Å²) in [6, 6.07) is 17.0. The molecule has 1 heterocycles. The topological polar surface area (TPSA) is 53.4 Å². The molecular weight excluding hydrogens is 320 g/mol. The number of amidine groups is 1. The molecule has 0 spiro atoms. The van der Waals surface area contributed by atoms with Crippen LogP contribution in [0.1, 0.15) is 5.56 Å². The van der Waals surface area contributed by atoms with E-state index in [1.54, 1.807) is 37.5 Å². The van der Waals surface area contributed by atoms with E-state index in [0.717, 1.165) is 17.3 Å². The zero-order valence-corrected chi connectivity index (χ0v) is 13.9. The van der Waals surface area contributed by atoms with E-state index in [4.69, 9.17) is 10.1 Å². The Morgan fingerprint density at radius 2 is 1.79 bits per heavy atom. The van der Waals surface area contributed by atoms with Crippen LogP contribution in [0.3, 0.4) is 0 Å². The number of allylic oxidation sites excluding steroid dienone is 2. The number of rotatable bonds is 4. The maximum absolute atomic E-state index is 12.5. The van der Waals surface area contributed by atoms with Gasteiger partial charge in [-0.1, -0.05) is 42.5 Å². The smallest absolute Gasteiger partial charge is 0.271 e. The molecule has 4 nitrogen and oxygen atoms in total. The van der Waals surface area contributed by atoms with E-state index in [1.807, 2.05) is 42.5 Å². The van der Waals surface area contributed by atoms with Crippen LogP contribution < -0.4 is 9.64 Å². The van der Waals surface area contributed by atoms with Gasteiger partial charge in [-0.2, -0.15) is 0 Å². The van der Waals surface area contributed by atoms with Crippen LogP contribution in [0.4, 0.5) is 5.69 Å². The number of benzene rings is 2. The fourth-order valence-corrected chi connectivity index (χ4v) is 3.09. The van der Waals surface area contributed by atoms with Gasteiger partial charge in [0.25, 0.3) is 5.91 Å². The number of ether oxygens (including phenoxy) is 1. The zero-order chi connectivity index (χ0) is 16.9. The lowest BCUT2D eigenvalue weighted by atomic mass is 10.2. The van der Waals surface area contributed by atoms with Crippen molar-refractivity contribution in [3.63, 3.8) is 0 Å². The number of thioether (sulfide) groups is 1. The molecule has 1 N–H and O–H groups in total. The minimum Gasteiger partial charge on any atom is -0.497 e. The predicted octanol–water partition coefficient (Wildman–Crippen LogP) is 4.31. The second-order valence-electron chi connectivity index (χ2n) is 5.05. The molecule has 120 valence electrons. The highest BCUT2D eigenvalue weighted by Crippen LogP contribution is 2.34. The normalized spacial score (nSPS) is 16.4. The van der Waals surface area contributed by atoms with Crippen LogP contribution in [0.25, 0.3) is 6.08 Å². The highest BCUT2D eigenvalue weighted by atomic mass is 32.2. The van der Waals surface area contributed by atoms with Gasteiger partial charge in [-0.25, -0.2) is 0 Å². The molecule has 1 fully saturated rings. The Morgan fingerprint density at radius 3 is 2.46 bits per heavy atom. The van der Waals surface area contributed by atoms with Crippen LogP contribution in [0.2, 0.25) is 0 Å². The van der Waals surface area contributed by atoms with Crippen molar-refractivity contribution in [3.8, 4) is 5.75 Å². The van der Waals surface area contributed by atoms with Gasteiger partial charge in [0, 0.05) is 0 Å².